The molecule has 0 bridgehead atoms. The van der Waals surface area contributed by atoms with Crippen molar-refractivity contribution >= 4 is 26.4 Å². The Labute approximate surface area is 176 Å². The van der Waals surface area contributed by atoms with Gasteiger partial charge in [-0.2, -0.15) is 9.61 Å². The fraction of sp³-hybridized carbons (Fsp3) is 0.318. The molecule has 4 aromatic rings. The highest BCUT2D eigenvalue weighted by Crippen LogP contribution is 2.31. The van der Waals surface area contributed by atoms with Crippen molar-refractivity contribution in [1.82, 2.24) is 24.5 Å². The van der Waals surface area contributed by atoms with Gasteiger partial charge >= 0.3 is 0 Å². The Morgan fingerprint density at radius 1 is 1.07 bits per heavy atom. The van der Waals surface area contributed by atoms with Crippen LogP contribution < -0.4 is 4.72 Å². The molecule has 0 aliphatic carbocycles. The van der Waals surface area contributed by atoms with Crippen LogP contribution in [0.5, 0.6) is 0 Å². The van der Waals surface area contributed by atoms with Crippen molar-refractivity contribution in [2.24, 2.45) is 0 Å². The highest BCUT2D eigenvalue weighted by atomic mass is 32.2. The summed E-state index contributed by atoms with van der Waals surface area (Å²) in [5.74, 6) is 0.912. The molecule has 30 heavy (non-hydrogen) atoms. The average molecular weight is 424 g/mol. The topological polar surface area (TPSA) is 89.2 Å². The predicted molar refractivity (Wildman–Crippen MR) is 118 cm³/mol. The van der Waals surface area contributed by atoms with Crippen LogP contribution in [0.2, 0.25) is 0 Å². The van der Waals surface area contributed by atoms with Crippen LogP contribution in [-0.4, -0.2) is 34.8 Å². The van der Waals surface area contributed by atoms with E-state index in [0.29, 0.717) is 23.4 Å². The van der Waals surface area contributed by atoms with Crippen molar-refractivity contribution in [1.29, 1.82) is 0 Å². The number of nitrogens with zero attached hydrogens (tertiary/aromatic N) is 4. The van der Waals surface area contributed by atoms with E-state index in [1.54, 1.807) is 17.5 Å². The molecule has 0 aliphatic rings. The number of aromatic nitrogens is 4. The smallest absolute Gasteiger partial charge is 0.211 e. The van der Waals surface area contributed by atoms with E-state index in [4.69, 9.17) is 5.10 Å². The number of hydrogen-bond acceptors (Lipinski definition) is 5. The second-order valence-corrected chi connectivity index (χ2v) is 9.46. The maximum atomic E-state index is 12.8. The van der Waals surface area contributed by atoms with Gasteiger partial charge in [0.25, 0.3) is 0 Å². The van der Waals surface area contributed by atoms with Crippen LogP contribution >= 0.6 is 0 Å². The van der Waals surface area contributed by atoms with Crippen LogP contribution in [0.25, 0.3) is 27.7 Å². The largest absolute Gasteiger partial charge is 0.240 e. The molecule has 0 aliphatic heterocycles. The first-order valence-corrected chi connectivity index (χ1v) is 11.6. The molecule has 0 amide bonds. The van der Waals surface area contributed by atoms with Crippen molar-refractivity contribution in [2.45, 2.75) is 44.9 Å². The lowest BCUT2D eigenvalue weighted by molar-refractivity contribution is 0.580. The number of benzene rings is 2. The zero-order valence-corrected chi connectivity index (χ0v) is 18.4. The molecule has 0 radical (unpaired) electrons. The molecule has 2 heterocycles. The third-order valence-corrected chi connectivity index (χ3v) is 6.70. The minimum Gasteiger partial charge on any atom is -0.211 e. The molecule has 0 saturated heterocycles. The van der Waals surface area contributed by atoms with E-state index in [9.17, 15) is 8.42 Å². The molecular weight excluding hydrogens is 398 g/mol. The Morgan fingerprint density at radius 2 is 1.80 bits per heavy atom. The monoisotopic (exact) mass is 423 g/mol. The van der Waals surface area contributed by atoms with Gasteiger partial charge < -0.3 is 0 Å². The molecule has 0 spiro atoms. The Hall–Kier alpha value is -2.84. The number of hydrogen-bond donors (Lipinski definition) is 1. The van der Waals surface area contributed by atoms with E-state index in [1.807, 2.05) is 57.2 Å². The molecule has 8 heteroatoms. The van der Waals surface area contributed by atoms with Crippen LogP contribution in [0.4, 0.5) is 0 Å². The summed E-state index contributed by atoms with van der Waals surface area (Å²) in [6, 6.07) is 13.3. The molecule has 156 valence electrons. The fourth-order valence-corrected chi connectivity index (χ4v) is 4.92. The predicted octanol–water partition coefficient (Wildman–Crippen LogP) is 4.06. The van der Waals surface area contributed by atoms with E-state index < -0.39 is 10.0 Å². The van der Waals surface area contributed by atoms with Gasteiger partial charge in [-0.3, -0.25) is 0 Å². The van der Waals surface area contributed by atoms with Crippen molar-refractivity contribution in [2.75, 3.05) is 6.54 Å². The van der Waals surface area contributed by atoms with Crippen molar-refractivity contribution in [3.63, 3.8) is 0 Å². The zero-order chi connectivity index (χ0) is 21.5. The normalized spacial score (nSPS) is 12.3. The van der Waals surface area contributed by atoms with Gasteiger partial charge in [-0.05, 0) is 25.0 Å². The van der Waals surface area contributed by atoms with E-state index >= 15 is 0 Å². The number of fused-ring (bicyclic) bond motifs is 3. The van der Waals surface area contributed by atoms with E-state index in [-0.39, 0.29) is 10.8 Å². The summed E-state index contributed by atoms with van der Waals surface area (Å²) in [5, 5.41) is 15.4. The van der Waals surface area contributed by atoms with Crippen molar-refractivity contribution in [3.8, 4) is 11.3 Å². The van der Waals surface area contributed by atoms with E-state index in [1.165, 1.54) is 0 Å². The molecule has 4 rings (SSSR count). The highest BCUT2D eigenvalue weighted by molar-refractivity contribution is 7.89. The first kappa shape index (κ1) is 20.4. The van der Waals surface area contributed by atoms with Crippen LogP contribution in [0.1, 0.15) is 44.5 Å². The first-order valence-electron chi connectivity index (χ1n) is 10.1. The minimum absolute atomic E-state index is 0.147. The Kier molecular flexibility index (Phi) is 5.29. The van der Waals surface area contributed by atoms with Gasteiger partial charge in [0.05, 0.1) is 10.6 Å². The molecule has 0 unspecified atom stereocenters. The third kappa shape index (κ3) is 3.46. The number of nitrogens with one attached hydrogen (secondary N) is 1. The van der Waals surface area contributed by atoms with Gasteiger partial charge in [-0.1, -0.05) is 57.2 Å². The highest BCUT2D eigenvalue weighted by Gasteiger charge is 2.20. The van der Waals surface area contributed by atoms with Gasteiger partial charge in [-0.25, -0.2) is 13.1 Å². The summed E-state index contributed by atoms with van der Waals surface area (Å²) in [5.41, 5.74) is 2.83. The molecule has 2 aromatic carbocycles. The van der Waals surface area contributed by atoms with Crippen LogP contribution in [0.15, 0.2) is 47.4 Å². The fourth-order valence-electron chi connectivity index (χ4n) is 3.52. The molecule has 2 aromatic heterocycles. The molecule has 7 nitrogen and oxygen atoms in total. The Bertz CT molecular complexity index is 1340. The summed E-state index contributed by atoms with van der Waals surface area (Å²) in [6.45, 7) is 8.22. The standard InChI is InChI=1S/C22H25N5O2S/c1-5-12-23-30(28,29)19-13-16(11-10-15(19)4)20-17-8-6-7-9-18(17)22-25-24-21(14(2)3)27(22)26-20/h6-11,13-14,23H,5,12H2,1-4H3. The third-order valence-electron chi connectivity index (χ3n) is 5.10. The SMILES string of the molecule is CCCNS(=O)(=O)c1cc(-c2nn3c(C(C)C)nnc3c3ccccc23)ccc1C. The molecule has 1 N–H and O–H groups in total. The average Bonchev–Trinajstić information content (AvgIpc) is 3.16. The lowest BCUT2D eigenvalue weighted by atomic mass is 10.0. The van der Waals surface area contributed by atoms with E-state index in [2.05, 4.69) is 14.9 Å². The maximum Gasteiger partial charge on any atom is 0.240 e. The first-order chi connectivity index (χ1) is 14.3. The maximum absolute atomic E-state index is 12.8. The molecule has 0 atom stereocenters. The quantitative estimate of drug-likeness (QED) is 0.505. The van der Waals surface area contributed by atoms with Crippen LogP contribution in [0.3, 0.4) is 0 Å². The molecule has 0 fully saturated rings. The summed E-state index contributed by atoms with van der Waals surface area (Å²) < 4.78 is 30.1. The van der Waals surface area contributed by atoms with Gasteiger partial charge in [0.2, 0.25) is 10.0 Å². The van der Waals surface area contributed by atoms with Gasteiger partial charge in [0.1, 0.15) is 0 Å². The van der Waals surface area contributed by atoms with Gasteiger partial charge in [-0.15, -0.1) is 10.2 Å². The Balaban J connectivity index is 1.99. The molecular formula is C22H25N5O2S. The summed E-state index contributed by atoms with van der Waals surface area (Å²) in [6.07, 6.45) is 0.729. The zero-order valence-electron chi connectivity index (χ0n) is 17.5. The van der Waals surface area contributed by atoms with Crippen molar-refractivity contribution in [3.05, 3.63) is 53.9 Å². The lowest BCUT2D eigenvalue weighted by Crippen LogP contribution is -2.25. The molecule has 0 saturated carbocycles. The number of sulfonamides is 1. The van der Waals surface area contributed by atoms with Gasteiger partial charge in [0, 0.05) is 28.8 Å². The second kappa shape index (κ2) is 7.77. The van der Waals surface area contributed by atoms with Crippen LogP contribution in [0, 0.1) is 6.92 Å². The summed E-state index contributed by atoms with van der Waals surface area (Å²) >= 11 is 0. The summed E-state index contributed by atoms with van der Waals surface area (Å²) in [7, 11) is -3.60. The van der Waals surface area contributed by atoms with Gasteiger partial charge in [0.15, 0.2) is 11.5 Å². The number of rotatable bonds is 6. The minimum atomic E-state index is -3.60. The van der Waals surface area contributed by atoms with Crippen molar-refractivity contribution < 1.29 is 8.42 Å². The Morgan fingerprint density at radius 3 is 2.50 bits per heavy atom. The van der Waals surface area contributed by atoms with Crippen LogP contribution in [-0.2, 0) is 10.0 Å². The number of aryl methyl sites for hydroxylation is 1. The van der Waals surface area contributed by atoms with E-state index in [0.717, 1.165) is 28.6 Å². The second-order valence-electron chi connectivity index (χ2n) is 7.72. The summed E-state index contributed by atoms with van der Waals surface area (Å²) in [4.78, 5) is 0.271. The lowest BCUT2D eigenvalue weighted by Gasteiger charge is -2.13.